The number of nitrogens with one attached hydrogen (secondary N) is 1. The van der Waals surface area contributed by atoms with Gasteiger partial charge in [-0.3, -0.25) is 9.78 Å². The molecule has 0 radical (unpaired) electrons. The van der Waals surface area contributed by atoms with Crippen molar-refractivity contribution in [1.82, 2.24) is 10.3 Å². The van der Waals surface area contributed by atoms with Gasteiger partial charge in [0.25, 0.3) is 0 Å². The molecule has 108 valence electrons. The number of amides is 1. The second kappa shape index (κ2) is 5.66. The standard InChI is InChI=1S/C17H19N3O/c1-11-6-7-19-10-13(11)9-16(21)20-15-8-12-4-2-3-5-14(12)17(15)18/h2-7,10,15,17H,8-9,18H2,1H3,(H,20,21)/t15-,17-/m1/s1. The molecule has 2 aromatic rings. The highest BCUT2D eigenvalue weighted by atomic mass is 16.1. The van der Waals surface area contributed by atoms with Crippen LogP contribution in [0.4, 0.5) is 0 Å². The van der Waals surface area contributed by atoms with Crippen molar-refractivity contribution >= 4 is 5.91 Å². The van der Waals surface area contributed by atoms with E-state index < -0.39 is 0 Å². The average molecular weight is 281 g/mol. The molecule has 0 spiro atoms. The van der Waals surface area contributed by atoms with Gasteiger partial charge in [-0.25, -0.2) is 0 Å². The van der Waals surface area contributed by atoms with E-state index in [1.807, 2.05) is 31.2 Å². The second-order valence-corrected chi connectivity index (χ2v) is 5.58. The summed E-state index contributed by atoms with van der Waals surface area (Å²) in [6.45, 7) is 1.99. The highest BCUT2D eigenvalue weighted by Gasteiger charge is 2.30. The molecular formula is C17H19N3O. The number of hydrogen-bond donors (Lipinski definition) is 2. The lowest BCUT2D eigenvalue weighted by molar-refractivity contribution is -0.121. The Kier molecular flexibility index (Phi) is 3.71. The zero-order chi connectivity index (χ0) is 14.8. The number of hydrogen-bond acceptors (Lipinski definition) is 3. The van der Waals surface area contributed by atoms with Crippen molar-refractivity contribution in [3.8, 4) is 0 Å². The Morgan fingerprint density at radius 2 is 2.19 bits per heavy atom. The third kappa shape index (κ3) is 2.81. The molecule has 0 saturated carbocycles. The third-order valence-electron chi connectivity index (χ3n) is 4.13. The fourth-order valence-corrected chi connectivity index (χ4v) is 2.88. The van der Waals surface area contributed by atoms with Crippen LogP contribution in [-0.2, 0) is 17.6 Å². The Hall–Kier alpha value is -2.20. The van der Waals surface area contributed by atoms with E-state index in [2.05, 4.69) is 16.4 Å². The first-order valence-corrected chi connectivity index (χ1v) is 7.17. The van der Waals surface area contributed by atoms with E-state index in [9.17, 15) is 4.79 Å². The van der Waals surface area contributed by atoms with Gasteiger partial charge in [0.2, 0.25) is 5.91 Å². The zero-order valence-electron chi connectivity index (χ0n) is 12.0. The number of aryl methyl sites for hydroxylation is 1. The molecule has 0 unspecified atom stereocenters. The maximum atomic E-state index is 12.2. The highest BCUT2D eigenvalue weighted by molar-refractivity contribution is 5.79. The molecule has 1 aromatic carbocycles. The zero-order valence-corrected chi connectivity index (χ0v) is 12.0. The Labute approximate surface area is 124 Å². The average Bonchev–Trinajstić information content (AvgIpc) is 2.78. The number of benzene rings is 1. The van der Waals surface area contributed by atoms with Gasteiger partial charge in [0.05, 0.1) is 18.5 Å². The molecule has 0 saturated heterocycles. The fraction of sp³-hybridized carbons (Fsp3) is 0.294. The Balaban J connectivity index is 1.66. The van der Waals surface area contributed by atoms with E-state index in [0.717, 1.165) is 23.1 Å². The SMILES string of the molecule is Cc1ccncc1CC(=O)N[C@@H]1Cc2ccccc2[C@H]1N. The topological polar surface area (TPSA) is 68.0 Å². The third-order valence-corrected chi connectivity index (χ3v) is 4.13. The van der Waals surface area contributed by atoms with E-state index in [4.69, 9.17) is 5.73 Å². The number of rotatable bonds is 3. The molecule has 2 atom stereocenters. The Morgan fingerprint density at radius 3 is 2.95 bits per heavy atom. The smallest absolute Gasteiger partial charge is 0.224 e. The maximum Gasteiger partial charge on any atom is 0.224 e. The monoisotopic (exact) mass is 281 g/mol. The number of pyridine rings is 1. The van der Waals surface area contributed by atoms with Crippen LogP contribution in [-0.4, -0.2) is 16.9 Å². The first kappa shape index (κ1) is 13.8. The summed E-state index contributed by atoms with van der Waals surface area (Å²) in [7, 11) is 0. The summed E-state index contributed by atoms with van der Waals surface area (Å²) in [5.74, 6) is -0.000596. The number of carbonyl (C=O) groups excluding carboxylic acids is 1. The van der Waals surface area contributed by atoms with Gasteiger partial charge < -0.3 is 11.1 Å². The first-order valence-electron chi connectivity index (χ1n) is 7.17. The largest absolute Gasteiger partial charge is 0.351 e. The van der Waals surface area contributed by atoms with Gasteiger partial charge in [-0.2, -0.15) is 0 Å². The molecule has 21 heavy (non-hydrogen) atoms. The minimum atomic E-state index is -0.125. The van der Waals surface area contributed by atoms with E-state index in [-0.39, 0.29) is 18.0 Å². The molecule has 1 aliphatic rings. The second-order valence-electron chi connectivity index (χ2n) is 5.58. The summed E-state index contributed by atoms with van der Waals surface area (Å²) in [5, 5.41) is 3.06. The predicted molar refractivity (Wildman–Crippen MR) is 81.7 cm³/mol. The van der Waals surface area contributed by atoms with Gasteiger partial charge in [-0.1, -0.05) is 24.3 Å². The molecule has 4 heteroatoms. The van der Waals surface area contributed by atoms with Crippen LogP contribution in [0.5, 0.6) is 0 Å². The van der Waals surface area contributed by atoms with Crippen LogP contribution >= 0.6 is 0 Å². The van der Waals surface area contributed by atoms with Gasteiger partial charge in [-0.15, -0.1) is 0 Å². The van der Waals surface area contributed by atoms with E-state index in [0.29, 0.717) is 6.42 Å². The molecule has 3 rings (SSSR count). The van der Waals surface area contributed by atoms with Gasteiger partial charge in [-0.05, 0) is 41.7 Å². The Bertz CT molecular complexity index is 669. The molecule has 1 amide bonds. The van der Waals surface area contributed by atoms with E-state index in [1.165, 1.54) is 5.56 Å². The normalized spacial score (nSPS) is 20.1. The van der Waals surface area contributed by atoms with Gasteiger partial charge in [0.1, 0.15) is 0 Å². The summed E-state index contributed by atoms with van der Waals surface area (Å²) >= 11 is 0. The van der Waals surface area contributed by atoms with Crippen LogP contribution < -0.4 is 11.1 Å². The molecule has 0 bridgehead atoms. The molecular weight excluding hydrogens is 262 g/mol. The van der Waals surface area contributed by atoms with Crippen LogP contribution in [0.1, 0.15) is 28.3 Å². The number of nitrogens with two attached hydrogens (primary N) is 1. The summed E-state index contributed by atoms with van der Waals surface area (Å²) < 4.78 is 0. The van der Waals surface area contributed by atoms with Crippen molar-refractivity contribution in [2.24, 2.45) is 5.73 Å². The van der Waals surface area contributed by atoms with Crippen molar-refractivity contribution < 1.29 is 4.79 Å². The minimum Gasteiger partial charge on any atom is -0.351 e. The molecule has 0 aliphatic heterocycles. The maximum absolute atomic E-state index is 12.2. The quantitative estimate of drug-likeness (QED) is 0.899. The summed E-state index contributed by atoms with van der Waals surface area (Å²) in [6, 6.07) is 9.88. The summed E-state index contributed by atoms with van der Waals surface area (Å²) in [4.78, 5) is 16.3. The van der Waals surface area contributed by atoms with Crippen molar-refractivity contribution in [2.75, 3.05) is 0 Å². The fourth-order valence-electron chi connectivity index (χ4n) is 2.88. The minimum absolute atomic E-state index is 0.000596. The van der Waals surface area contributed by atoms with E-state index in [1.54, 1.807) is 12.4 Å². The van der Waals surface area contributed by atoms with Crippen LogP contribution in [0, 0.1) is 6.92 Å². The van der Waals surface area contributed by atoms with Crippen molar-refractivity contribution in [1.29, 1.82) is 0 Å². The van der Waals surface area contributed by atoms with Crippen molar-refractivity contribution in [3.63, 3.8) is 0 Å². The van der Waals surface area contributed by atoms with Crippen LogP contribution in [0.15, 0.2) is 42.7 Å². The van der Waals surface area contributed by atoms with Gasteiger partial charge >= 0.3 is 0 Å². The number of fused-ring (bicyclic) bond motifs is 1. The molecule has 1 aliphatic carbocycles. The lowest BCUT2D eigenvalue weighted by Gasteiger charge is -2.18. The van der Waals surface area contributed by atoms with Crippen LogP contribution in [0.25, 0.3) is 0 Å². The van der Waals surface area contributed by atoms with Crippen LogP contribution in [0.2, 0.25) is 0 Å². The number of nitrogens with zero attached hydrogens (tertiary/aromatic N) is 1. The predicted octanol–water partition coefficient (Wildman–Crippen LogP) is 1.67. The van der Waals surface area contributed by atoms with Crippen molar-refractivity contribution in [2.45, 2.75) is 31.8 Å². The van der Waals surface area contributed by atoms with Gasteiger partial charge in [0, 0.05) is 12.4 Å². The summed E-state index contributed by atoms with van der Waals surface area (Å²) in [6.07, 6.45) is 4.63. The molecule has 0 fully saturated rings. The van der Waals surface area contributed by atoms with E-state index >= 15 is 0 Å². The lowest BCUT2D eigenvalue weighted by Crippen LogP contribution is -2.41. The molecule has 3 N–H and O–H groups in total. The summed E-state index contributed by atoms with van der Waals surface area (Å²) in [5.41, 5.74) is 10.6. The first-order chi connectivity index (χ1) is 10.1. The highest BCUT2D eigenvalue weighted by Crippen LogP contribution is 2.29. The molecule has 1 heterocycles. The Morgan fingerprint density at radius 1 is 1.38 bits per heavy atom. The molecule has 1 aromatic heterocycles. The number of carbonyl (C=O) groups is 1. The number of aromatic nitrogens is 1. The van der Waals surface area contributed by atoms with Crippen LogP contribution in [0.3, 0.4) is 0 Å². The molecule has 4 nitrogen and oxygen atoms in total. The van der Waals surface area contributed by atoms with Gasteiger partial charge in [0.15, 0.2) is 0 Å². The van der Waals surface area contributed by atoms with Crippen molar-refractivity contribution in [3.05, 3.63) is 65.0 Å². The lowest BCUT2D eigenvalue weighted by atomic mass is 10.1.